The van der Waals surface area contributed by atoms with E-state index >= 15 is 0 Å². The molecule has 0 bridgehead atoms. The van der Waals surface area contributed by atoms with Crippen molar-refractivity contribution >= 4 is 46.3 Å². The van der Waals surface area contributed by atoms with Crippen molar-refractivity contribution < 1.29 is 13.2 Å². The van der Waals surface area contributed by atoms with Crippen LogP contribution in [0.2, 0.25) is 10.0 Å². The average Bonchev–Trinajstić information content (AvgIpc) is 2.89. The zero-order valence-corrected chi connectivity index (χ0v) is 20.9. The van der Waals surface area contributed by atoms with Crippen LogP contribution in [0.4, 0.5) is 13.2 Å². The van der Waals surface area contributed by atoms with Crippen LogP contribution in [-0.4, -0.2) is 4.98 Å². The molecule has 0 saturated heterocycles. The van der Waals surface area contributed by atoms with Gasteiger partial charge >= 0.3 is 6.18 Å². The van der Waals surface area contributed by atoms with E-state index in [1.807, 2.05) is 66.7 Å². The number of nitrogens with zero attached hydrogens (tertiary/aromatic N) is 1. The Kier molecular flexibility index (Phi) is 7.05. The van der Waals surface area contributed by atoms with E-state index in [2.05, 4.69) is 17.1 Å². The third kappa shape index (κ3) is 5.71. The second-order valence-corrected chi connectivity index (χ2v) is 9.54. The largest absolute Gasteiger partial charge is 0.416 e. The lowest BCUT2D eigenvalue weighted by molar-refractivity contribution is -0.137. The summed E-state index contributed by atoms with van der Waals surface area (Å²) in [4.78, 5) is 4.51. The molecule has 0 N–H and O–H groups in total. The summed E-state index contributed by atoms with van der Waals surface area (Å²) in [5.41, 5.74) is 4.97. The molecule has 0 fully saturated rings. The van der Waals surface area contributed by atoms with Gasteiger partial charge in [-0.05, 0) is 82.4 Å². The smallest absolute Gasteiger partial charge is 0.256 e. The second kappa shape index (κ2) is 10.4. The number of hydrogen-bond acceptors (Lipinski definition) is 1. The monoisotopic (exact) mass is 533 g/mol. The average molecular weight is 534 g/mol. The van der Waals surface area contributed by atoms with Gasteiger partial charge in [-0.1, -0.05) is 77.8 Å². The fourth-order valence-electron chi connectivity index (χ4n) is 4.37. The molecular weight excluding hydrogens is 514 g/mol. The Morgan fingerprint density at radius 1 is 0.649 bits per heavy atom. The van der Waals surface area contributed by atoms with Crippen LogP contribution in [0.15, 0.2) is 103 Å². The van der Waals surface area contributed by atoms with Gasteiger partial charge in [0.05, 0.1) is 11.1 Å². The van der Waals surface area contributed by atoms with Crippen LogP contribution in [0.25, 0.3) is 23.1 Å². The molecule has 4 aromatic carbocycles. The highest BCUT2D eigenvalue weighted by molar-refractivity contribution is 6.30. The molecule has 1 aromatic heterocycles. The Labute approximate surface area is 222 Å². The molecule has 5 aromatic rings. The Morgan fingerprint density at radius 3 is 1.78 bits per heavy atom. The maximum absolute atomic E-state index is 12.9. The molecule has 0 saturated carbocycles. The lowest BCUT2D eigenvalue weighted by Crippen LogP contribution is -2.04. The van der Waals surface area contributed by atoms with Gasteiger partial charge in [0, 0.05) is 27.5 Å². The summed E-state index contributed by atoms with van der Waals surface area (Å²) in [6, 6.07) is 28.7. The lowest BCUT2D eigenvalue weighted by atomic mass is 9.84. The number of rotatable bonds is 5. The quantitative estimate of drug-likeness (QED) is 0.205. The summed E-state index contributed by atoms with van der Waals surface area (Å²) in [5, 5.41) is 2.27. The summed E-state index contributed by atoms with van der Waals surface area (Å²) in [5.74, 6) is -0.0640. The maximum atomic E-state index is 12.9. The van der Waals surface area contributed by atoms with E-state index in [-0.39, 0.29) is 5.92 Å². The van der Waals surface area contributed by atoms with E-state index in [9.17, 15) is 13.2 Å². The van der Waals surface area contributed by atoms with Crippen molar-refractivity contribution in [1.29, 1.82) is 0 Å². The highest BCUT2D eigenvalue weighted by Gasteiger charge is 2.29. The third-order valence-electron chi connectivity index (χ3n) is 6.23. The van der Waals surface area contributed by atoms with Crippen LogP contribution in [0.5, 0.6) is 0 Å². The Bertz CT molecular complexity index is 1510. The van der Waals surface area contributed by atoms with Crippen LogP contribution in [0.1, 0.15) is 39.3 Å². The summed E-state index contributed by atoms with van der Waals surface area (Å²) < 4.78 is 38.7. The molecule has 184 valence electrons. The molecule has 37 heavy (non-hydrogen) atoms. The minimum atomic E-state index is -4.36. The van der Waals surface area contributed by atoms with Crippen molar-refractivity contribution in [1.82, 2.24) is 4.98 Å². The maximum Gasteiger partial charge on any atom is 0.416 e. The number of fused-ring (bicyclic) bond motifs is 1. The van der Waals surface area contributed by atoms with E-state index in [0.717, 1.165) is 45.3 Å². The molecule has 0 aliphatic rings. The highest BCUT2D eigenvalue weighted by Crippen LogP contribution is 2.35. The van der Waals surface area contributed by atoms with Gasteiger partial charge in [-0.3, -0.25) is 4.98 Å². The van der Waals surface area contributed by atoms with E-state index in [4.69, 9.17) is 23.2 Å². The number of aromatic nitrogens is 1. The van der Waals surface area contributed by atoms with Crippen LogP contribution < -0.4 is 0 Å². The predicted molar refractivity (Wildman–Crippen MR) is 146 cm³/mol. The Balaban J connectivity index is 1.56. The van der Waals surface area contributed by atoms with Crippen molar-refractivity contribution in [2.75, 3.05) is 0 Å². The highest BCUT2D eigenvalue weighted by atomic mass is 35.5. The van der Waals surface area contributed by atoms with Gasteiger partial charge in [-0.2, -0.15) is 13.2 Å². The molecule has 0 unspecified atom stereocenters. The summed E-state index contributed by atoms with van der Waals surface area (Å²) in [6.07, 6.45) is 1.07. The Hall–Kier alpha value is -3.60. The molecule has 0 aliphatic heterocycles. The summed E-state index contributed by atoms with van der Waals surface area (Å²) in [7, 11) is 0. The van der Waals surface area contributed by atoms with E-state index in [0.29, 0.717) is 15.6 Å². The number of benzene rings is 4. The molecular formula is C31H20Cl2F3N. The molecule has 5 rings (SSSR count). The number of hydrogen-bond donors (Lipinski definition) is 0. The predicted octanol–water partition coefficient (Wildman–Crippen LogP) is 9.91. The first-order chi connectivity index (χ1) is 17.8. The molecule has 0 radical (unpaired) electrons. The van der Waals surface area contributed by atoms with Crippen molar-refractivity contribution in [3.8, 4) is 0 Å². The van der Waals surface area contributed by atoms with Crippen LogP contribution in [0, 0.1) is 0 Å². The fraction of sp³-hybridized carbons (Fsp3) is 0.0645. The second-order valence-electron chi connectivity index (χ2n) is 8.67. The van der Waals surface area contributed by atoms with E-state index in [1.165, 1.54) is 12.1 Å². The Morgan fingerprint density at radius 2 is 1.22 bits per heavy atom. The molecule has 1 nitrogen and oxygen atoms in total. The van der Waals surface area contributed by atoms with Gasteiger partial charge in [0.15, 0.2) is 0 Å². The first-order valence-electron chi connectivity index (χ1n) is 11.5. The normalized spacial score (nSPS) is 12.1. The van der Waals surface area contributed by atoms with Crippen LogP contribution >= 0.6 is 23.2 Å². The number of pyridine rings is 1. The number of alkyl halides is 3. The lowest BCUT2D eigenvalue weighted by Gasteiger charge is -2.20. The molecule has 0 amide bonds. The van der Waals surface area contributed by atoms with Gasteiger partial charge in [-0.15, -0.1) is 0 Å². The standard InChI is InChI=1S/C31H20Cl2F3N/c32-26-12-5-22(6-13-26)30(23-7-14-27(33)15-8-23)24-9-16-29-28(19-24)21(17-18-37-29)4-1-20-2-10-25(11-3-20)31(34,35)36/h1-19,30H. The third-order valence-corrected chi connectivity index (χ3v) is 6.74. The van der Waals surface area contributed by atoms with Crippen LogP contribution in [0.3, 0.4) is 0 Å². The van der Waals surface area contributed by atoms with Crippen molar-refractivity contribution in [3.05, 3.63) is 147 Å². The first-order valence-corrected chi connectivity index (χ1v) is 12.3. The van der Waals surface area contributed by atoms with E-state index in [1.54, 1.807) is 12.3 Å². The van der Waals surface area contributed by atoms with Crippen molar-refractivity contribution in [3.63, 3.8) is 0 Å². The molecule has 0 spiro atoms. The topological polar surface area (TPSA) is 12.9 Å². The van der Waals surface area contributed by atoms with Gasteiger partial charge in [0.2, 0.25) is 0 Å². The SMILES string of the molecule is FC(F)(F)c1ccc(C=Cc2ccnc3ccc(C(c4ccc(Cl)cc4)c4ccc(Cl)cc4)cc23)cc1. The van der Waals surface area contributed by atoms with Crippen molar-refractivity contribution in [2.24, 2.45) is 0 Å². The minimum absolute atomic E-state index is 0.0640. The molecule has 0 aliphatic carbocycles. The molecule has 1 heterocycles. The van der Waals surface area contributed by atoms with Crippen molar-refractivity contribution in [2.45, 2.75) is 12.1 Å². The summed E-state index contributed by atoms with van der Waals surface area (Å²) >= 11 is 12.3. The minimum Gasteiger partial charge on any atom is -0.256 e. The zero-order valence-electron chi connectivity index (χ0n) is 19.4. The zero-order chi connectivity index (χ0) is 26.0. The van der Waals surface area contributed by atoms with Crippen LogP contribution in [-0.2, 0) is 6.18 Å². The molecule has 0 atom stereocenters. The first kappa shape index (κ1) is 25.1. The number of halogens is 5. The van der Waals surface area contributed by atoms with Gasteiger partial charge < -0.3 is 0 Å². The summed E-state index contributed by atoms with van der Waals surface area (Å²) in [6.45, 7) is 0. The van der Waals surface area contributed by atoms with Gasteiger partial charge in [0.25, 0.3) is 0 Å². The van der Waals surface area contributed by atoms with Gasteiger partial charge in [-0.25, -0.2) is 0 Å². The van der Waals surface area contributed by atoms with Gasteiger partial charge in [0.1, 0.15) is 0 Å². The molecule has 6 heteroatoms. The van der Waals surface area contributed by atoms with E-state index < -0.39 is 11.7 Å². The fourth-order valence-corrected chi connectivity index (χ4v) is 4.62.